The van der Waals surface area contributed by atoms with Crippen molar-refractivity contribution in [1.82, 2.24) is 4.98 Å². The van der Waals surface area contributed by atoms with Gasteiger partial charge in [-0.3, -0.25) is 4.98 Å². The Labute approximate surface area is 134 Å². The van der Waals surface area contributed by atoms with E-state index in [2.05, 4.69) is 20.9 Å². The van der Waals surface area contributed by atoms with Crippen LogP contribution < -0.4 is 4.74 Å². The lowest BCUT2D eigenvalue weighted by Crippen LogP contribution is -2.38. The number of benzene rings is 1. The summed E-state index contributed by atoms with van der Waals surface area (Å²) in [6, 6.07) is 6.64. The summed E-state index contributed by atoms with van der Waals surface area (Å²) in [6.07, 6.45) is 1.63. The second kappa shape index (κ2) is 5.23. The summed E-state index contributed by atoms with van der Waals surface area (Å²) >= 11 is 9.28. The molecule has 3 rings (SSSR count). The highest BCUT2D eigenvalue weighted by Crippen LogP contribution is 2.53. The first-order valence-corrected chi connectivity index (χ1v) is 7.57. The standard InChI is InChI=1S/C15H12BrClFNO2/c1-8-12-10(6-9(18)14(17)13(12)16)21-15(8,7-20)11-4-2-3-5-19-11/h2-6,8,20H,7H2,1H3/t8-,15-/m1/s1. The average Bonchev–Trinajstić information content (AvgIpc) is 2.79. The zero-order valence-electron chi connectivity index (χ0n) is 11.1. The smallest absolute Gasteiger partial charge is 0.180 e. The lowest BCUT2D eigenvalue weighted by Gasteiger charge is -2.30. The lowest BCUT2D eigenvalue weighted by atomic mass is 9.83. The summed E-state index contributed by atoms with van der Waals surface area (Å²) in [6.45, 7) is 1.63. The molecule has 110 valence electrons. The van der Waals surface area contributed by atoms with E-state index in [4.69, 9.17) is 16.3 Å². The van der Waals surface area contributed by atoms with Crippen molar-refractivity contribution in [1.29, 1.82) is 0 Å². The Hall–Kier alpha value is -1.17. The summed E-state index contributed by atoms with van der Waals surface area (Å²) in [5.74, 6) is -0.430. The summed E-state index contributed by atoms with van der Waals surface area (Å²) in [4.78, 5) is 4.28. The van der Waals surface area contributed by atoms with Crippen LogP contribution in [0, 0.1) is 5.82 Å². The van der Waals surface area contributed by atoms with E-state index in [1.807, 2.05) is 13.0 Å². The molecule has 0 fully saturated rings. The minimum atomic E-state index is -1.04. The first kappa shape index (κ1) is 14.8. The largest absolute Gasteiger partial charge is 0.477 e. The van der Waals surface area contributed by atoms with Crippen molar-refractivity contribution in [3.05, 3.63) is 57.0 Å². The monoisotopic (exact) mass is 371 g/mol. The number of hydrogen-bond donors (Lipinski definition) is 1. The van der Waals surface area contributed by atoms with Gasteiger partial charge in [-0.1, -0.05) is 24.6 Å². The van der Waals surface area contributed by atoms with Gasteiger partial charge >= 0.3 is 0 Å². The number of aromatic nitrogens is 1. The fourth-order valence-electron chi connectivity index (χ4n) is 2.73. The molecule has 1 aliphatic rings. The van der Waals surface area contributed by atoms with Crippen LogP contribution >= 0.6 is 27.5 Å². The summed E-state index contributed by atoms with van der Waals surface area (Å²) in [5.41, 5.74) is 0.296. The van der Waals surface area contributed by atoms with Crippen molar-refractivity contribution in [3.63, 3.8) is 0 Å². The third kappa shape index (κ3) is 2.06. The van der Waals surface area contributed by atoms with E-state index >= 15 is 0 Å². The van der Waals surface area contributed by atoms with Gasteiger partial charge < -0.3 is 9.84 Å². The van der Waals surface area contributed by atoms with E-state index in [0.717, 1.165) is 5.56 Å². The van der Waals surface area contributed by atoms with Crippen LogP contribution in [0.25, 0.3) is 0 Å². The first-order chi connectivity index (χ1) is 10.0. The summed E-state index contributed by atoms with van der Waals surface area (Å²) in [5, 5.41) is 9.95. The quantitative estimate of drug-likeness (QED) is 0.810. The molecule has 0 aliphatic carbocycles. The third-order valence-electron chi connectivity index (χ3n) is 3.92. The predicted molar refractivity (Wildman–Crippen MR) is 81.2 cm³/mol. The number of aliphatic hydroxyl groups excluding tert-OH is 1. The molecule has 1 aromatic carbocycles. The normalized spacial score (nSPS) is 23.8. The Kier molecular flexibility index (Phi) is 3.67. The molecule has 3 nitrogen and oxygen atoms in total. The van der Waals surface area contributed by atoms with Gasteiger partial charge in [-0.05, 0) is 28.1 Å². The topological polar surface area (TPSA) is 42.4 Å². The van der Waals surface area contributed by atoms with Gasteiger partial charge in [-0.15, -0.1) is 0 Å². The Morgan fingerprint density at radius 3 is 2.90 bits per heavy atom. The number of aliphatic hydroxyl groups is 1. The highest BCUT2D eigenvalue weighted by Gasteiger charge is 2.49. The summed E-state index contributed by atoms with van der Waals surface area (Å²) < 4.78 is 20.2. The zero-order chi connectivity index (χ0) is 15.2. The fraction of sp³-hybridized carbons (Fsp3) is 0.267. The number of nitrogens with zero attached hydrogens (tertiary/aromatic N) is 1. The molecule has 0 radical (unpaired) electrons. The third-order valence-corrected chi connectivity index (χ3v) is 5.34. The Morgan fingerprint density at radius 1 is 1.52 bits per heavy atom. The van der Waals surface area contributed by atoms with Gasteiger partial charge in [0.2, 0.25) is 0 Å². The van der Waals surface area contributed by atoms with E-state index in [1.54, 1.807) is 18.3 Å². The SMILES string of the molecule is C[C@@H]1c2c(cc(F)c(Cl)c2Br)O[C@@]1(CO)c1ccccn1. The molecule has 6 heteroatoms. The molecule has 2 aromatic rings. The number of fused-ring (bicyclic) bond motifs is 1. The van der Waals surface area contributed by atoms with Crippen LogP contribution in [0.5, 0.6) is 5.75 Å². The molecule has 2 heterocycles. The molecule has 1 aliphatic heterocycles. The molecule has 0 saturated carbocycles. The van der Waals surface area contributed by atoms with Gasteiger partial charge in [-0.25, -0.2) is 4.39 Å². The maximum atomic E-state index is 13.8. The molecule has 2 atom stereocenters. The summed E-state index contributed by atoms with van der Waals surface area (Å²) in [7, 11) is 0. The molecule has 21 heavy (non-hydrogen) atoms. The van der Waals surface area contributed by atoms with Crippen LogP contribution in [0.1, 0.15) is 24.1 Å². The minimum Gasteiger partial charge on any atom is -0.477 e. The van der Waals surface area contributed by atoms with Crippen LogP contribution in [0.2, 0.25) is 5.02 Å². The van der Waals surface area contributed by atoms with Crippen LogP contribution in [-0.4, -0.2) is 16.7 Å². The number of hydrogen-bond acceptors (Lipinski definition) is 3. The zero-order valence-corrected chi connectivity index (χ0v) is 13.4. The Morgan fingerprint density at radius 2 is 2.29 bits per heavy atom. The minimum absolute atomic E-state index is 0.0129. The van der Waals surface area contributed by atoms with Crippen molar-refractivity contribution in [2.24, 2.45) is 0 Å². The molecule has 0 saturated heterocycles. The van der Waals surface area contributed by atoms with Crippen molar-refractivity contribution in [3.8, 4) is 5.75 Å². The van der Waals surface area contributed by atoms with E-state index < -0.39 is 11.4 Å². The molecular formula is C15H12BrClFNO2. The van der Waals surface area contributed by atoms with Crippen molar-refractivity contribution in [2.75, 3.05) is 6.61 Å². The number of halogens is 3. The van der Waals surface area contributed by atoms with Crippen LogP contribution in [-0.2, 0) is 5.60 Å². The van der Waals surface area contributed by atoms with E-state index in [-0.39, 0.29) is 17.5 Å². The second-order valence-electron chi connectivity index (χ2n) is 4.98. The van der Waals surface area contributed by atoms with E-state index in [9.17, 15) is 9.50 Å². The predicted octanol–water partition coefficient (Wildman–Crippen LogP) is 4.02. The lowest BCUT2D eigenvalue weighted by molar-refractivity contribution is 0.00370. The van der Waals surface area contributed by atoms with Crippen molar-refractivity contribution < 1.29 is 14.2 Å². The molecule has 0 unspecified atom stereocenters. The van der Waals surface area contributed by atoms with Crippen molar-refractivity contribution >= 4 is 27.5 Å². The van der Waals surface area contributed by atoms with Gasteiger partial charge in [0.1, 0.15) is 11.6 Å². The molecule has 0 bridgehead atoms. The molecule has 0 amide bonds. The molecule has 0 spiro atoms. The molecular weight excluding hydrogens is 361 g/mol. The van der Waals surface area contributed by atoms with E-state index in [0.29, 0.717) is 15.9 Å². The second-order valence-corrected chi connectivity index (χ2v) is 6.16. The maximum Gasteiger partial charge on any atom is 0.180 e. The van der Waals surface area contributed by atoms with Crippen LogP contribution in [0.4, 0.5) is 4.39 Å². The van der Waals surface area contributed by atoms with Crippen molar-refractivity contribution in [2.45, 2.75) is 18.4 Å². The van der Waals surface area contributed by atoms with Gasteiger partial charge in [-0.2, -0.15) is 0 Å². The molecule has 1 aromatic heterocycles. The average molecular weight is 373 g/mol. The highest BCUT2D eigenvalue weighted by atomic mass is 79.9. The number of pyridine rings is 1. The Balaban J connectivity index is 2.19. The van der Waals surface area contributed by atoms with Gasteiger partial charge in [0.05, 0.1) is 17.3 Å². The number of rotatable bonds is 2. The van der Waals surface area contributed by atoms with Gasteiger partial charge in [0.25, 0.3) is 0 Å². The van der Waals surface area contributed by atoms with Gasteiger partial charge in [0, 0.05) is 28.2 Å². The van der Waals surface area contributed by atoms with Gasteiger partial charge in [0.15, 0.2) is 5.60 Å². The van der Waals surface area contributed by atoms with Crippen LogP contribution in [0.15, 0.2) is 34.9 Å². The van der Waals surface area contributed by atoms with Crippen LogP contribution in [0.3, 0.4) is 0 Å². The van der Waals surface area contributed by atoms with E-state index in [1.165, 1.54) is 6.07 Å². The molecule has 1 N–H and O–H groups in total. The first-order valence-electron chi connectivity index (χ1n) is 6.40. The fourth-order valence-corrected chi connectivity index (χ4v) is 3.62. The number of ether oxygens (including phenoxy) is 1. The highest BCUT2D eigenvalue weighted by molar-refractivity contribution is 9.10. The Bertz CT molecular complexity index is 698. The maximum absolute atomic E-state index is 13.8.